The predicted octanol–water partition coefficient (Wildman–Crippen LogP) is 2.74. The zero-order valence-corrected chi connectivity index (χ0v) is 12.8. The second kappa shape index (κ2) is 5.72. The minimum absolute atomic E-state index is 0.384. The van der Waals surface area contributed by atoms with Crippen LogP contribution in [0.15, 0.2) is 53.6 Å². The summed E-state index contributed by atoms with van der Waals surface area (Å²) in [6, 6.07) is 8.31. The zero-order valence-electron chi connectivity index (χ0n) is 12.8. The Morgan fingerprint density at radius 3 is 2.74 bits per heavy atom. The van der Waals surface area contributed by atoms with Crippen LogP contribution in [-0.2, 0) is 0 Å². The lowest BCUT2D eigenvalue weighted by Gasteiger charge is -2.41. The number of nitrogens with one attached hydrogen (secondary N) is 1. The molecule has 6 nitrogen and oxygen atoms in total. The van der Waals surface area contributed by atoms with Crippen molar-refractivity contribution in [1.82, 2.24) is 15.0 Å². The van der Waals surface area contributed by atoms with Gasteiger partial charge in [0.15, 0.2) is 0 Å². The van der Waals surface area contributed by atoms with E-state index in [1.54, 1.807) is 12.5 Å². The van der Waals surface area contributed by atoms with Crippen molar-refractivity contribution in [2.45, 2.75) is 13.0 Å². The highest BCUT2D eigenvalue weighted by molar-refractivity contribution is 5.61. The third kappa shape index (κ3) is 2.88. The van der Waals surface area contributed by atoms with Crippen molar-refractivity contribution in [3.8, 4) is 11.3 Å². The first-order valence-electron chi connectivity index (χ1n) is 7.58. The van der Waals surface area contributed by atoms with Crippen molar-refractivity contribution in [2.75, 3.05) is 23.3 Å². The van der Waals surface area contributed by atoms with E-state index in [2.05, 4.69) is 25.2 Å². The average molecular weight is 307 g/mol. The number of hydrogen-bond acceptors (Lipinski definition) is 6. The molecular formula is C17H17N5O. The summed E-state index contributed by atoms with van der Waals surface area (Å²) in [4.78, 5) is 15.3. The molecule has 116 valence electrons. The summed E-state index contributed by atoms with van der Waals surface area (Å²) < 4.78 is 5.13. The molecule has 0 spiro atoms. The minimum atomic E-state index is 0.384. The van der Waals surface area contributed by atoms with Crippen LogP contribution in [0.25, 0.3) is 11.3 Å². The van der Waals surface area contributed by atoms with Crippen molar-refractivity contribution in [3.63, 3.8) is 0 Å². The number of rotatable bonds is 4. The first-order chi connectivity index (χ1) is 11.3. The smallest absolute Gasteiger partial charge is 0.130 e. The monoisotopic (exact) mass is 307 g/mol. The third-order valence-electron chi connectivity index (χ3n) is 3.92. The molecule has 1 N–H and O–H groups in total. The molecule has 0 bridgehead atoms. The van der Waals surface area contributed by atoms with Crippen LogP contribution in [0.1, 0.15) is 5.82 Å². The molecule has 0 aromatic carbocycles. The van der Waals surface area contributed by atoms with Gasteiger partial charge in [0.25, 0.3) is 0 Å². The lowest BCUT2D eigenvalue weighted by Crippen LogP contribution is -2.55. The van der Waals surface area contributed by atoms with Crippen LogP contribution < -0.4 is 10.2 Å². The quantitative estimate of drug-likeness (QED) is 0.799. The number of furan rings is 1. The summed E-state index contributed by atoms with van der Waals surface area (Å²) in [7, 11) is 0. The summed E-state index contributed by atoms with van der Waals surface area (Å²) in [5, 5.41) is 3.48. The lowest BCUT2D eigenvalue weighted by atomic mass is 10.1. The molecule has 0 unspecified atom stereocenters. The van der Waals surface area contributed by atoms with E-state index in [1.165, 1.54) is 5.69 Å². The van der Waals surface area contributed by atoms with Gasteiger partial charge in [-0.15, -0.1) is 0 Å². The van der Waals surface area contributed by atoms with Gasteiger partial charge in [-0.1, -0.05) is 0 Å². The zero-order chi connectivity index (χ0) is 15.6. The minimum Gasteiger partial charge on any atom is -0.472 e. The second-order valence-corrected chi connectivity index (χ2v) is 5.65. The van der Waals surface area contributed by atoms with Crippen LogP contribution >= 0.6 is 0 Å². The molecule has 1 saturated heterocycles. The molecule has 1 aliphatic rings. The Bertz CT molecular complexity index is 782. The molecular weight excluding hydrogens is 290 g/mol. The van der Waals surface area contributed by atoms with Crippen LogP contribution in [0.3, 0.4) is 0 Å². The summed E-state index contributed by atoms with van der Waals surface area (Å²) >= 11 is 0. The Labute approximate surface area is 134 Å². The van der Waals surface area contributed by atoms with Gasteiger partial charge in [-0.3, -0.25) is 4.98 Å². The van der Waals surface area contributed by atoms with Gasteiger partial charge in [0.1, 0.15) is 11.6 Å². The highest BCUT2D eigenvalue weighted by Gasteiger charge is 2.27. The first kappa shape index (κ1) is 13.8. The topological polar surface area (TPSA) is 67.1 Å². The van der Waals surface area contributed by atoms with E-state index in [0.29, 0.717) is 6.04 Å². The van der Waals surface area contributed by atoms with Crippen LogP contribution in [-0.4, -0.2) is 34.1 Å². The molecule has 0 atom stereocenters. The maximum atomic E-state index is 5.13. The van der Waals surface area contributed by atoms with Gasteiger partial charge >= 0.3 is 0 Å². The van der Waals surface area contributed by atoms with Crippen molar-refractivity contribution in [2.24, 2.45) is 0 Å². The molecule has 0 saturated carbocycles. The van der Waals surface area contributed by atoms with E-state index < -0.39 is 0 Å². The number of pyridine rings is 1. The maximum Gasteiger partial charge on any atom is 0.130 e. The normalized spacial score (nSPS) is 14.6. The van der Waals surface area contributed by atoms with Gasteiger partial charge in [0.05, 0.1) is 24.3 Å². The standard InChI is InChI=1S/C17H17N5O/c1-12-19-16(13-4-7-23-11-13)8-17(20-12)21-14-9-22(10-14)15-2-5-18-6-3-15/h2-8,11,14H,9-10H2,1H3,(H,19,20,21). The molecule has 4 rings (SSSR count). The predicted molar refractivity (Wildman–Crippen MR) is 88.3 cm³/mol. The Morgan fingerprint density at radius 2 is 2.00 bits per heavy atom. The van der Waals surface area contributed by atoms with Crippen molar-refractivity contribution >= 4 is 11.5 Å². The molecule has 6 heteroatoms. The number of aryl methyl sites for hydroxylation is 1. The van der Waals surface area contributed by atoms with Crippen molar-refractivity contribution < 1.29 is 4.42 Å². The average Bonchev–Trinajstić information content (AvgIpc) is 3.05. The molecule has 0 aliphatic carbocycles. The van der Waals surface area contributed by atoms with E-state index in [4.69, 9.17) is 4.42 Å². The number of nitrogens with zero attached hydrogens (tertiary/aromatic N) is 4. The lowest BCUT2D eigenvalue weighted by molar-refractivity contribution is 0.548. The Morgan fingerprint density at radius 1 is 1.17 bits per heavy atom. The fraction of sp³-hybridized carbons (Fsp3) is 0.235. The SMILES string of the molecule is Cc1nc(NC2CN(c3ccncc3)C2)cc(-c2ccoc2)n1. The van der Waals surface area contributed by atoms with Gasteiger partial charge in [0, 0.05) is 42.8 Å². The van der Waals surface area contributed by atoms with Gasteiger partial charge in [0.2, 0.25) is 0 Å². The van der Waals surface area contributed by atoms with Gasteiger partial charge < -0.3 is 14.6 Å². The van der Waals surface area contributed by atoms with E-state index in [1.807, 2.05) is 43.6 Å². The van der Waals surface area contributed by atoms with Crippen molar-refractivity contribution in [3.05, 3.63) is 55.0 Å². The Balaban J connectivity index is 1.44. The number of anilines is 2. The molecule has 1 fully saturated rings. The summed E-state index contributed by atoms with van der Waals surface area (Å²) in [6.45, 7) is 3.81. The molecule has 3 aromatic rings. The van der Waals surface area contributed by atoms with Crippen LogP contribution in [0.4, 0.5) is 11.5 Å². The van der Waals surface area contributed by atoms with E-state index >= 15 is 0 Å². The summed E-state index contributed by atoms with van der Waals surface area (Å²) in [5.74, 6) is 1.60. The van der Waals surface area contributed by atoms with Gasteiger partial charge in [-0.2, -0.15) is 0 Å². The Hall–Kier alpha value is -2.89. The molecule has 3 aromatic heterocycles. The second-order valence-electron chi connectivity index (χ2n) is 5.65. The first-order valence-corrected chi connectivity index (χ1v) is 7.58. The van der Waals surface area contributed by atoms with Gasteiger partial charge in [-0.05, 0) is 25.1 Å². The van der Waals surface area contributed by atoms with E-state index in [0.717, 1.165) is 36.0 Å². The largest absolute Gasteiger partial charge is 0.472 e. The molecule has 23 heavy (non-hydrogen) atoms. The maximum absolute atomic E-state index is 5.13. The highest BCUT2D eigenvalue weighted by Crippen LogP contribution is 2.24. The fourth-order valence-electron chi connectivity index (χ4n) is 2.74. The van der Waals surface area contributed by atoms with Gasteiger partial charge in [-0.25, -0.2) is 9.97 Å². The molecule has 0 amide bonds. The van der Waals surface area contributed by atoms with Crippen molar-refractivity contribution in [1.29, 1.82) is 0 Å². The number of aromatic nitrogens is 3. The third-order valence-corrected chi connectivity index (χ3v) is 3.92. The highest BCUT2D eigenvalue weighted by atomic mass is 16.3. The number of hydrogen-bond donors (Lipinski definition) is 1. The van der Waals surface area contributed by atoms with E-state index in [9.17, 15) is 0 Å². The van der Waals surface area contributed by atoms with Crippen LogP contribution in [0, 0.1) is 6.92 Å². The fourth-order valence-corrected chi connectivity index (χ4v) is 2.74. The summed E-state index contributed by atoms with van der Waals surface area (Å²) in [5.41, 5.74) is 3.04. The Kier molecular flexibility index (Phi) is 3.42. The molecule has 1 aliphatic heterocycles. The summed E-state index contributed by atoms with van der Waals surface area (Å²) in [6.07, 6.45) is 6.99. The molecule has 0 radical (unpaired) electrons. The van der Waals surface area contributed by atoms with Crippen LogP contribution in [0.5, 0.6) is 0 Å². The van der Waals surface area contributed by atoms with E-state index in [-0.39, 0.29) is 0 Å². The van der Waals surface area contributed by atoms with Crippen LogP contribution in [0.2, 0.25) is 0 Å². The molecule has 4 heterocycles.